The number of amides is 1. The maximum absolute atomic E-state index is 12.8. The Morgan fingerprint density at radius 2 is 1.91 bits per heavy atom. The van der Waals surface area contributed by atoms with E-state index in [1.165, 1.54) is 0 Å². The van der Waals surface area contributed by atoms with E-state index in [1.54, 1.807) is 22.8 Å². The second-order valence-electron chi connectivity index (χ2n) is 5.35. The topological polar surface area (TPSA) is 43.1 Å². The number of rotatable bonds is 4. The first-order valence-corrected chi connectivity index (χ1v) is 8.01. The number of carbonyl (C=O) groups excluding carboxylic acids is 1. The van der Waals surface area contributed by atoms with Gasteiger partial charge < -0.3 is 9.47 Å². The third kappa shape index (κ3) is 3.07. The molecule has 3 rings (SSSR count). The number of halogens is 1. The molecule has 0 bridgehead atoms. The molecule has 0 radical (unpaired) electrons. The molecule has 23 heavy (non-hydrogen) atoms. The lowest BCUT2D eigenvalue weighted by Crippen LogP contribution is -2.27. The minimum absolute atomic E-state index is 0.0578. The third-order valence-electron chi connectivity index (χ3n) is 3.70. The Morgan fingerprint density at radius 1 is 1.22 bits per heavy atom. The van der Waals surface area contributed by atoms with Gasteiger partial charge in [-0.05, 0) is 23.8 Å². The van der Waals surface area contributed by atoms with Crippen LogP contribution < -0.4 is 0 Å². The average Bonchev–Trinajstić information content (AvgIpc) is 3.17. The van der Waals surface area contributed by atoms with Gasteiger partial charge >= 0.3 is 0 Å². The predicted octanol–water partition coefficient (Wildman–Crippen LogP) is 3.25. The second kappa shape index (κ2) is 6.42. The number of aryl methyl sites for hydroxylation is 1. The van der Waals surface area contributed by atoms with Crippen LogP contribution in [0.3, 0.4) is 0 Å². The summed E-state index contributed by atoms with van der Waals surface area (Å²) in [5, 5.41) is 4.24. The van der Waals surface area contributed by atoms with E-state index in [2.05, 4.69) is 21.0 Å². The fraction of sp³-hybridized carbons (Fsp3) is 0.176. The summed E-state index contributed by atoms with van der Waals surface area (Å²) < 4.78 is 4.60. The van der Waals surface area contributed by atoms with Crippen LogP contribution in [-0.4, -0.2) is 32.2 Å². The molecule has 0 aliphatic rings. The Morgan fingerprint density at radius 3 is 2.61 bits per heavy atom. The average molecular weight is 373 g/mol. The molecule has 1 aromatic carbocycles. The summed E-state index contributed by atoms with van der Waals surface area (Å²) in [5.74, 6) is 0.705. The van der Waals surface area contributed by atoms with E-state index in [0.29, 0.717) is 12.1 Å². The van der Waals surface area contributed by atoms with E-state index in [-0.39, 0.29) is 5.91 Å². The van der Waals surface area contributed by atoms with Crippen LogP contribution in [0.25, 0.3) is 5.82 Å². The Hall–Kier alpha value is -2.34. The van der Waals surface area contributed by atoms with Crippen LogP contribution in [0.5, 0.6) is 0 Å². The van der Waals surface area contributed by atoms with Gasteiger partial charge in [0.2, 0.25) is 0 Å². The number of carbonyl (C=O) groups is 1. The van der Waals surface area contributed by atoms with Gasteiger partial charge in [-0.1, -0.05) is 34.1 Å². The zero-order valence-electron chi connectivity index (χ0n) is 13.0. The van der Waals surface area contributed by atoms with Gasteiger partial charge in [0.05, 0.1) is 6.20 Å². The van der Waals surface area contributed by atoms with Crippen molar-refractivity contribution in [3.05, 3.63) is 70.6 Å². The molecule has 0 spiro atoms. The highest BCUT2D eigenvalue weighted by Crippen LogP contribution is 2.20. The van der Waals surface area contributed by atoms with E-state index < -0.39 is 0 Å². The van der Waals surface area contributed by atoms with Crippen LogP contribution in [0.2, 0.25) is 0 Å². The first kappa shape index (κ1) is 15.6. The van der Waals surface area contributed by atoms with Crippen LogP contribution in [0.4, 0.5) is 0 Å². The molecule has 0 aliphatic heterocycles. The molecule has 0 atom stereocenters. The third-order valence-corrected chi connectivity index (χ3v) is 4.47. The minimum atomic E-state index is -0.0578. The first-order chi connectivity index (χ1) is 11.1. The predicted molar refractivity (Wildman–Crippen MR) is 92.5 cm³/mol. The quantitative estimate of drug-likeness (QED) is 0.705. The Balaban J connectivity index is 1.88. The van der Waals surface area contributed by atoms with Gasteiger partial charge in [0.25, 0.3) is 5.91 Å². The van der Waals surface area contributed by atoms with Crippen molar-refractivity contribution in [2.24, 2.45) is 7.05 Å². The van der Waals surface area contributed by atoms with Gasteiger partial charge in [0.15, 0.2) is 0 Å². The first-order valence-electron chi connectivity index (χ1n) is 7.22. The Labute approximate surface area is 143 Å². The highest BCUT2D eigenvalue weighted by molar-refractivity contribution is 9.10. The van der Waals surface area contributed by atoms with Crippen molar-refractivity contribution in [2.75, 3.05) is 7.05 Å². The summed E-state index contributed by atoms with van der Waals surface area (Å²) in [6.07, 6.45) is 5.43. The normalized spacial score (nSPS) is 10.7. The van der Waals surface area contributed by atoms with E-state index in [9.17, 15) is 4.79 Å². The van der Waals surface area contributed by atoms with Crippen molar-refractivity contribution < 1.29 is 4.79 Å². The van der Waals surface area contributed by atoms with Crippen molar-refractivity contribution in [3.8, 4) is 5.82 Å². The number of hydrogen-bond donors (Lipinski definition) is 0. The van der Waals surface area contributed by atoms with E-state index in [0.717, 1.165) is 15.9 Å². The van der Waals surface area contributed by atoms with Gasteiger partial charge in [-0.15, -0.1) is 0 Å². The summed E-state index contributed by atoms with van der Waals surface area (Å²) >= 11 is 3.52. The lowest BCUT2D eigenvalue weighted by Gasteiger charge is -2.18. The molecule has 0 saturated heterocycles. The molecule has 2 heterocycles. The van der Waals surface area contributed by atoms with Crippen molar-refractivity contribution in [1.82, 2.24) is 19.2 Å². The molecule has 0 saturated carbocycles. The maximum atomic E-state index is 12.8. The second-order valence-corrected chi connectivity index (χ2v) is 6.20. The molecule has 0 aliphatic carbocycles. The smallest absolute Gasteiger partial charge is 0.259 e. The molecule has 1 amide bonds. The molecular weight excluding hydrogens is 356 g/mol. The van der Waals surface area contributed by atoms with Crippen LogP contribution in [0.1, 0.15) is 15.9 Å². The van der Waals surface area contributed by atoms with Crippen LogP contribution in [0, 0.1) is 0 Å². The van der Waals surface area contributed by atoms with E-state index >= 15 is 0 Å². The largest absolute Gasteiger partial charge is 0.337 e. The van der Waals surface area contributed by atoms with Crippen LogP contribution in [-0.2, 0) is 13.6 Å². The summed E-state index contributed by atoms with van der Waals surface area (Å²) in [5.41, 5.74) is 1.65. The maximum Gasteiger partial charge on any atom is 0.259 e. The van der Waals surface area contributed by atoms with Crippen LogP contribution >= 0.6 is 15.9 Å². The van der Waals surface area contributed by atoms with Gasteiger partial charge in [-0.3, -0.25) is 9.48 Å². The summed E-state index contributed by atoms with van der Waals surface area (Å²) in [6.45, 7) is 0.528. The van der Waals surface area contributed by atoms with Crippen molar-refractivity contribution >= 4 is 21.8 Å². The molecule has 0 fully saturated rings. The fourth-order valence-electron chi connectivity index (χ4n) is 2.52. The number of nitrogens with zero attached hydrogens (tertiary/aromatic N) is 4. The van der Waals surface area contributed by atoms with Gasteiger partial charge in [-0.2, -0.15) is 5.10 Å². The van der Waals surface area contributed by atoms with Crippen molar-refractivity contribution in [2.45, 2.75) is 6.54 Å². The summed E-state index contributed by atoms with van der Waals surface area (Å²) in [4.78, 5) is 14.5. The molecule has 118 valence electrons. The SMILES string of the molecule is CN(Cc1ccccc1Br)C(=O)c1cnn(C)c1-n1cccc1. The fourth-order valence-corrected chi connectivity index (χ4v) is 2.93. The zero-order valence-corrected chi connectivity index (χ0v) is 14.6. The summed E-state index contributed by atoms with van der Waals surface area (Å²) in [6, 6.07) is 11.7. The van der Waals surface area contributed by atoms with E-state index in [4.69, 9.17) is 0 Å². The standard InChI is InChI=1S/C17H17BrN4O/c1-20(12-13-7-3-4-8-15(13)18)17(23)14-11-19-21(2)16(14)22-9-5-6-10-22/h3-11H,12H2,1-2H3. The van der Waals surface area contributed by atoms with Crippen molar-refractivity contribution in [3.63, 3.8) is 0 Å². The number of aromatic nitrogens is 3. The minimum Gasteiger partial charge on any atom is -0.337 e. The number of hydrogen-bond acceptors (Lipinski definition) is 2. The number of benzene rings is 1. The van der Waals surface area contributed by atoms with Gasteiger partial charge in [0, 0.05) is 37.5 Å². The molecule has 2 aromatic heterocycles. The van der Waals surface area contributed by atoms with Crippen LogP contribution in [0.15, 0.2) is 59.5 Å². The lowest BCUT2D eigenvalue weighted by molar-refractivity contribution is 0.0785. The Kier molecular flexibility index (Phi) is 4.34. The Bertz CT molecular complexity index is 823. The molecular formula is C17H17BrN4O. The highest BCUT2D eigenvalue weighted by atomic mass is 79.9. The molecule has 0 unspecified atom stereocenters. The highest BCUT2D eigenvalue weighted by Gasteiger charge is 2.21. The summed E-state index contributed by atoms with van der Waals surface area (Å²) in [7, 11) is 3.63. The monoisotopic (exact) mass is 372 g/mol. The lowest BCUT2D eigenvalue weighted by atomic mass is 10.2. The molecule has 0 N–H and O–H groups in total. The van der Waals surface area contributed by atoms with Gasteiger partial charge in [-0.25, -0.2) is 0 Å². The van der Waals surface area contributed by atoms with Crippen molar-refractivity contribution in [1.29, 1.82) is 0 Å². The van der Waals surface area contributed by atoms with E-state index in [1.807, 2.05) is 60.4 Å². The molecule has 6 heteroatoms. The molecule has 5 nitrogen and oxygen atoms in total. The van der Waals surface area contributed by atoms with Gasteiger partial charge in [0.1, 0.15) is 11.4 Å². The zero-order chi connectivity index (χ0) is 16.4. The molecule has 3 aromatic rings.